The maximum absolute atomic E-state index is 10.4. The zero-order valence-corrected chi connectivity index (χ0v) is 12.4. The Morgan fingerprint density at radius 1 is 1.42 bits per heavy atom. The highest BCUT2D eigenvalue weighted by molar-refractivity contribution is 5.26. The Balaban J connectivity index is 1.93. The SMILES string of the molecule is CCc1c(C)c(C(O)CCC2CCOCC2)nn1C. The Morgan fingerprint density at radius 2 is 2.11 bits per heavy atom. The van der Waals surface area contributed by atoms with Crippen molar-refractivity contribution in [2.45, 2.75) is 52.1 Å². The molecule has 0 saturated carbocycles. The van der Waals surface area contributed by atoms with E-state index < -0.39 is 6.10 Å². The lowest BCUT2D eigenvalue weighted by molar-refractivity contribution is 0.0564. The molecule has 2 rings (SSSR count). The van der Waals surface area contributed by atoms with E-state index >= 15 is 0 Å². The van der Waals surface area contributed by atoms with Crippen LogP contribution in [0.1, 0.15) is 55.7 Å². The van der Waals surface area contributed by atoms with Gasteiger partial charge in [-0.15, -0.1) is 0 Å². The van der Waals surface area contributed by atoms with E-state index in [0.717, 1.165) is 56.6 Å². The first kappa shape index (κ1) is 14.5. The molecule has 4 nitrogen and oxygen atoms in total. The van der Waals surface area contributed by atoms with Crippen molar-refractivity contribution in [1.82, 2.24) is 9.78 Å². The normalized spacial score (nSPS) is 18.7. The molecular weight excluding hydrogens is 240 g/mol. The summed E-state index contributed by atoms with van der Waals surface area (Å²) in [4.78, 5) is 0. The van der Waals surface area contributed by atoms with Gasteiger partial charge in [-0.2, -0.15) is 5.10 Å². The van der Waals surface area contributed by atoms with E-state index in [-0.39, 0.29) is 0 Å². The molecule has 1 saturated heterocycles. The molecule has 0 bridgehead atoms. The first-order valence-electron chi connectivity index (χ1n) is 7.41. The van der Waals surface area contributed by atoms with Gasteiger partial charge in [0.15, 0.2) is 0 Å². The van der Waals surface area contributed by atoms with Gasteiger partial charge in [0.05, 0.1) is 11.8 Å². The molecule has 1 aliphatic rings. The molecule has 4 heteroatoms. The van der Waals surface area contributed by atoms with Crippen LogP contribution in [0, 0.1) is 12.8 Å². The van der Waals surface area contributed by atoms with E-state index in [2.05, 4.69) is 18.9 Å². The lowest BCUT2D eigenvalue weighted by Gasteiger charge is -2.22. The molecule has 1 aromatic heterocycles. The molecule has 0 aromatic carbocycles. The summed E-state index contributed by atoms with van der Waals surface area (Å²) < 4.78 is 7.27. The van der Waals surface area contributed by atoms with Crippen molar-refractivity contribution in [3.63, 3.8) is 0 Å². The Bertz CT molecular complexity index is 409. The van der Waals surface area contributed by atoms with Crippen LogP contribution in [0.5, 0.6) is 0 Å². The van der Waals surface area contributed by atoms with Crippen molar-refractivity contribution in [3.05, 3.63) is 17.0 Å². The molecule has 1 atom stereocenters. The summed E-state index contributed by atoms with van der Waals surface area (Å²) in [5.41, 5.74) is 3.25. The lowest BCUT2D eigenvalue weighted by atomic mass is 9.92. The predicted octanol–water partition coefficient (Wildman–Crippen LogP) is 2.53. The van der Waals surface area contributed by atoms with Gasteiger partial charge in [0.1, 0.15) is 0 Å². The highest BCUT2D eigenvalue weighted by Gasteiger charge is 2.20. The van der Waals surface area contributed by atoms with E-state index in [1.165, 1.54) is 5.69 Å². The van der Waals surface area contributed by atoms with Crippen LogP contribution >= 0.6 is 0 Å². The van der Waals surface area contributed by atoms with Crippen LogP contribution in [0.4, 0.5) is 0 Å². The number of nitrogens with zero attached hydrogens (tertiary/aromatic N) is 2. The summed E-state index contributed by atoms with van der Waals surface area (Å²) in [6, 6.07) is 0. The van der Waals surface area contributed by atoms with E-state index in [4.69, 9.17) is 4.74 Å². The van der Waals surface area contributed by atoms with Crippen LogP contribution in [0.15, 0.2) is 0 Å². The minimum atomic E-state index is -0.422. The number of aliphatic hydroxyl groups excluding tert-OH is 1. The summed E-state index contributed by atoms with van der Waals surface area (Å²) in [6.45, 7) is 5.95. The first-order valence-corrected chi connectivity index (χ1v) is 7.41. The number of hydrogen-bond acceptors (Lipinski definition) is 3. The fourth-order valence-corrected chi connectivity index (χ4v) is 3.06. The number of hydrogen-bond donors (Lipinski definition) is 1. The van der Waals surface area contributed by atoms with E-state index in [1.54, 1.807) is 0 Å². The quantitative estimate of drug-likeness (QED) is 0.891. The monoisotopic (exact) mass is 266 g/mol. The Morgan fingerprint density at radius 3 is 2.68 bits per heavy atom. The van der Waals surface area contributed by atoms with Gasteiger partial charge in [-0.25, -0.2) is 0 Å². The standard InChI is InChI=1S/C15H26N2O2/c1-4-13-11(2)15(16-17(13)3)14(18)6-5-12-7-9-19-10-8-12/h12,14,18H,4-10H2,1-3H3. The van der Waals surface area contributed by atoms with Gasteiger partial charge in [0.2, 0.25) is 0 Å². The molecule has 1 aromatic rings. The van der Waals surface area contributed by atoms with Gasteiger partial charge in [0.25, 0.3) is 0 Å². The molecule has 108 valence electrons. The van der Waals surface area contributed by atoms with Crippen molar-refractivity contribution in [1.29, 1.82) is 0 Å². The lowest BCUT2D eigenvalue weighted by Crippen LogP contribution is -2.16. The van der Waals surface area contributed by atoms with Crippen LogP contribution in [-0.4, -0.2) is 28.1 Å². The molecule has 0 radical (unpaired) electrons. The van der Waals surface area contributed by atoms with Crippen LogP contribution in [0.3, 0.4) is 0 Å². The first-order chi connectivity index (χ1) is 9.13. The van der Waals surface area contributed by atoms with Gasteiger partial charge in [-0.3, -0.25) is 4.68 Å². The van der Waals surface area contributed by atoms with Crippen molar-refractivity contribution in [3.8, 4) is 0 Å². The van der Waals surface area contributed by atoms with Gasteiger partial charge < -0.3 is 9.84 Å². The summed E-state index contributed by atoms with van der Waals surface area (Å²) in [7, 11) is 1.96. The molecule has 19 heavy (non-hydrogen) atoms. The average Bonchev–Trinajstić information content (AvgIpc) is 2.72. The minimum Gasteiger partial charge on any atom is -0.387 e. The molecular formula is C15H26N2O2. The topological polar surface area (TPSA) is 47.3 Å². The van der Waals surface area contributed by atoms with Gasteiger partial charge in [-0.05, 0) is 50.5 Å². The molecule has 1 N–H and O–H groups in total. The molecule has 1 aliphatic heterocycles. The molecule has 2 heterocycles. The summed E-state index contributed by atoms with van der Waals surface area (Å²) in [5, 5.41) is 14.8. The van der Waals surface area contributed by atoms with E-state index in [0.29, 0.717) is 5.92 Å². The van der Waals surface area contributed by atoms with E-state index in [1.807, 2.05) is 11.7 Å². The number of aliphatic hydroxyl groups is 1. The molecule has 1 unspecified atom stereocenters. The van der Waals surface area contributed by atoms with Crippen LogP contribution in [0.25, 0.3) is 0 Å². The Labute approximate surface area is 115 Å². The van der Waals surface area contributed by atoms with Gasteiger partial charge in [0, 0.05) is 26.0 Å². The van der Waals surface area contributed by atoms with Crippen LogP contribution < -0.4 is 0 Å². The third kappa shape index (κ3) is 3.37. The maximum atomic E-state index is 10.4. The zero-order chi connectivity index (χ0) is 13.8. The summed E-state index contributed by atoms with van der Waals surface area (Å²) >= 11 is 0. The van der Waals surface area contributed by atoms with Crippen LogP contribution in [-0.2, 0) is 18.2 Å². The summed E-state index contributed by atoms with van der Waals surface area (Å²) in [5.74, 6) is 0.707. The number of aryl methyl sites for hydroxylation is 1. The second-order valence-corrected chi connectivity index (χ2v) is 5.58. The van der Waals surface area contributed by atoms with Gasteiger partial charge in [-0.1, -0.05) is 6.92 Å². The highest BCUT2D eigenvalue weighted by atomic mass is 16.5. The fourth-order valence-electron chi connectivity index (χ4n) is 3.06. The third-order valence-corrected chi connectivity index (χ3v) is 4.31. The van der Waals surface area contributed by atoms with Gasteiger partial charge >= 0.3 is 0 Å². The smallest absolute Gasteiger partial charge is 0.0981 e. The Kier molecular flexibility index (Phi) is 4.99. The van der Waals surface area contributed by atoms with Crippen molar-refractivity contribution < 1.29 is 9.84 Å². The maximum Gasteiger partial charge on any atom is 0.0981 e. The van der Waals surface area contributed by atoms with Crippen LogP contribution in [0.2, 0.25) is 0 Å². The number of aromatic nitrogens is 2. The molecule has 0 aliphatic carbocycles. The number of rotatable bonds is 5. The highest BCUT2D eigenvalue weighted by Crippen LogP contribution is 2.28. The average molecular weight is 266 g/mol. The third-order valence-electron chi connectivity index (χ3n) is 4.31. The summed E-state index contributed by atoms with van der Waals surface area (Å²) in [6.07, 6.45) is 4.69. The Hall–Kier alpha value is -0.870. The van der Waals surface area contributed by atoms with E-state index in [9.17, 15) is 5.11 Å². The van der Waals surface area contributed by atoms with Crippen molar-refractivity contribution >= 4 is 0 Å². The van der Waals surface area contributed by atoms with Crippen molar-refractivity contribution in [2.24, 2.45) is 13.0 Å². The molecule has 0 spiro atoms. The molecule has 0 amide bonds. The molecule has 1 fully saturated rings. The van der Waals surface area contributed by atoms with Crippen molar-refractivity contribution in [2.75, 3.05) is 13.2 Å². The largest absolute Gasteiger partial charge is 0.387 e. The zero-order valence-electron chi connectivity index (χ0n) is 12.4. The fraction of sp³-hybridized carbons (Fsp3) is 0.800. The number of ether oxygens (including phenoxy) is 1. The predicted molar refractivity (Wildman–Crippen MR) is 75.1 cm³/mol. The second kappa shape index (κ2) is 6.53. The minimum absolute atomic E-state index is 0.422. The second-order valence-electron chi connectivity index (χ2n) is 5.58.